The molecule has 0 spiro atoms. The molecule has 2 aliphatic carbocycles. The third-order valence-electron chi connectivity index (χ3n) is 6.73. The second-order valence-corrected chi connectivity index (χ2v) is 8.54. The van der Waals surface area contributed by atoms with Crippen molar-refractivity contribution < 1.29 is 15.0 Å². The Bertz CT molecular complexity index is 529. The molecule has 0 unspecified atom stereocenters. The zero-order valence-electron chi connectivity index (χ0n) is 15.2. The molecule has 0 aliphatic heterocycles. The highest BCUT2D eigenvalue weighted by atomic mass is 16.4. The molecule has 0 aromatic heterocycles. The minimum atomic E-state index is -0.857. The van der Waals surface area contributed by atoms with E-state index in [0.29, 0.717) is 11.8 Å². The molecule has 0 aromatic carbocycles. The van der Waals surface area contributed by atoms with Gasteiger partial charge in [0.25, 0.3) is 0 Å². The molecule has 2 rings (SSSR count). The number of aliphatic carboxylic acids is 1. The molecule has 2 N–H and O–H groups in total. The van der Waals surface area contributed by atoms with Gasteiger partial charge in [0.2, 0.25) is 0 Å². The van der Waals surface area contributed by atoms with E-state index in [1.807, 2.05) is 6.92 Å². The first-order chi connectivity index (χ1) is 10.6. The van der Waals surface area contributed by atoms with Crippen LogP contribution in [-0.2, 0) is 4.79 Å². The van der Waals surface area contributed by atoms with Gasteiger partial charge in [-0.3, -0.25) is 0 Å². The number of carbonyl (C=O) groups is 1. The van der Waals surface area contributed by atoms with Crippen molar-refractivity contribution in [3.63, 3.8) is 0 Å². The van der Waals surface area contributed by atoms with Gasteiger partial charge in [-0.2, -0.15) is 0 Å². The van der Waals surface area contributed by atoms with Gasteiger partial charge in [0, 0.05) is 6.08 Å². The summed E-state index contributed by atoms with van der Waals surface area (Å²) in [5.74, 6) is 0.103. The largest absolute Gasteiger partial charge is 0.478 e. The highest BCUT2D eigenvalue weighted by Gasteiger charge is 2.54. The number of hydrogen-bond donors (Lipinski definition) is 2. The highest BCUT2D eigenvalue weighted by Crippen LogP contribution is 2.60. The monoisotopic (exact) mass is 320 g/mol. The lowest BCUT2D eigenvalue weighted by Gasteiger charge is -2.58. The molecule has 0 bridgehead atoms. The first kappa shape index (κ1) is 18.3. The topological polar surface area (TPSA) is 57.5 Å². The van der Waals surface area contributed by atoms with Crippen LogP contribution in [0.25, 0.3) is 0 Å². The third kappa shape index (κ3) is 3.40. The molecule has 130 valence electrons. The van der Waals surface area contributed by atoms with Gasteiger partial charge in [-0.1, -0.05) is 38.0 Å². The Morgan fingerprint density at radius 2 is 2.04 bits per heavy atom. The van der Waals surface area contributed by atoms with E-state index in [4.69, 9.17) is 5.11 Å². The Morgan fingerprint density at radius 3 is 2.65 bits per heavy atom. The maximum atomic E-state index is 10.8. The molecule has 3 nitrogen and oxygen atoms in total. The van der Waals surface area contributed by atoms with Gasteiger partial charge in [0.05, 0.1) is 6.10 Å². The van der Waals surface area contributed by atoms with Gasteiger partial charge in [-0.25, -0.2) is 4.79 Å². The number of allylic oxidation sites excluding steroid dienone is 3. The van der Waals surface area contributed by atoms with Gasteiger partial charge < -0.3 is 10.2 Å². The Labute approximate surface area is 140 Å². The van der Waals surface area contributed by atoms with E-state index < -0.39 is 5.97 Å². The van der Waals surface area contributed by atoms with Gasteiger partial charge in [0.15, 0.2) is 0 Å². The number of hydrogen-bond acceptors (Lipinski definition) is 2. The van der Waals surface area contributed by atoms with Crippen LogP contribution in [0.2, 0.25) is 0 Å². The zero-order chi connectivity index (χ0) is 17.4. The molecular formula is C20H32O3. The van der Waals surface area contributed by atoms with Crippen molar-refractivity contribution in [2.75, 3.05) is 0 Å². The van der Waals surface area contributed by atoms with Crippen molar-refractivity contribution in [2.45, 2.75) is 72.8 Å². The Morgan fingerprint density at radius 1 is 1.39 bits per heavy atom. The lowest BCUT2D eigenvalue weighted by molar-refractivity contribution is -0.131. The predicted octanol–water partition coefficient (Wildman–Crippen LogP) is 4.57. The summed E-state index contributed by atoms with van der Waals surface area (Å²) < 4.78 is 0. The molecule has 0 saturated heterocycles. The average molecular weight is 320 g/mol. The predicted molar refractivity (Wildman–Crippen MR) is 93.1 cm³/mol. The number of aliphatic hydroxyl groups is 1. The van der Waals surface area contributed by atoms with E-state index in [0.717, 1.165) is 37.7 Å². The standard InChI is InChI=1S/C20H32O3/c1-13(12-18(22)23)6-8-15-14(2)7-9-16-19(3,4)17(21)10-11-20(15,16)5/h7,12,15-17,21H,6,8-11H2,1-5H3,(H,22,23)/b13-12-/t15-,16-,17-,20+/m0/s1. The van der Waals surface area contributed by atoms with Crippen molar-refractivity contribution >= 4 is 5.97 Å². The summed E-state index contributed by atoms with van der Waals surface area (Å²) in [5, 5.41) is 19.4. The average Bonchev–Trinajstić information content (AvgIpc) is 2.42. The van der Waals surface area contributed by atoms with Crippen LogP contribution in [0.5, 0.6) is 0 Å². The van der Waals surface area contributed by atoms with E-state index in [2.05, 4.69) is 33.8 Å². The zero-order valence-corrected chi connectivity index (χ0v) is 15.2. The van der Waals surface area contributed by atoms with E-state index in [1.54, 1.807) is 0 Å². The first-order valence-corrected chi connectivity index (χ1v) is 8.84. The lowest BCUT2D eigenvalue weighted by atomic mass is 9.47. The smallest absolute Gasteiger partial charge is 0.328 e. The van der Waals surface area contributed by atoms with Crippen molar-refractivity contribution in [3.05, 3.63) is 23.3 Å². The maximum Gasteiger partial charge on any atom is 0.328 e. The van der Waals surface area contributed by atoms with Crippen molar-refractivity contribution in [2.24, 2.45) is 22.7 Å². The second-order valence-electron chi connectivity index (χ2n) is 8.54. The normalized spacial score (nSPS) is 37.0. The van der Waals surface area contributed by atoms with Crippen LogP contribution in [0.1, 0.15) is 66.7 Å². The SMILES string of the molecule is CC1=CC[C@H]2C(C)(C)[C@@H](O)CC[C@]2(C)[C@H]1CC/C(C)=C\C(=O)O. The van der Waals surface area contributed by atoms with E-state index in [9.17, 15) is 9.90 Å². The Balaban J connectivity index is 2.23. The van der Waals surface area contributed by atoms with E-state index >= 15 is 0 Å². The number of rotatable bonds is 4. The number of carboxylic acids is 1. The quantitative estimate of drug-likeness (QED) is 0.589. The molecule has 0 heterocycles. The molecule has 2 aliphatic rings. The summed E-state index contributed by atoms with van der Waals surface area (Å²) in [6.07, 6.45) is 8.26. The minimum Gasteiger partial charge on any atom is -0.478 e. The van der Waals surface area contributed by atoms with Gasteiger partial charge in [0.1, 0.15) is 0 Å². The first-order valence-electron chi connectivity index (χ1n) is 8.84. The Hall–Kier alpha value is -1.09. The van der Waals surface area contributed by atoms with E-state index in [-0.39, 0.29) is 16.9 Å². The van der Waals surface area contributed by atoms with Crippen molar-refractivity contribution in [1.29, 1.82) is 0 Å². The van der Waals surface area contributed by atoms with Crippen LogP contribution in [0.15, 0.2) is 23.3 Å². The van der Waals surface area contributed by atoms with Gasteiger partial charge >= 0.3 is 5.97 Å². The van der Waals surface area contributed by atoms with Crippen LogP contribution in [0, 0.1) is 22.7 Å². The molecule has 0 aromatic rings. The lowest BCUT2D eigenvalue weighted by Crippen LogP contribution is -2.54. The molecule has 23 heavy (non-hydrogen) atoms. The summed E-state index contributed by atoms with van der Waals surface area (Å²) in [7, 11) is 0. The van der Waals surface area contributed by atoms with Crippen molar-refractivity contribution in [1.82, 2.24) is 0 Å². The molecular weight excluding hydrogens is 288 g/mol. The van der Waals surface area contributed by atoms with Crippen LogP contribution in [0.3, 0.4) is 0 Å². The van der Waals surface area contributed by atoms with E-state index in [1.165, 1.54) is 11.6 Å². The number of aliphatic hydroxyl groups excluding tert-OH is 1. The third-order valence-corrected chi connectivity index (χ3v) is 6.73. The molecule has 3 heteroatoms. The summed E-state index contributed by atoms with van der Waals surface area (Å²) in [6.45, 7) is 10.9. The summed E-state index contributed by atoms with van der Waals surface area (Å²) in [5.41, 5.74) is 2.52. The number of carboxylic acid groups (broad SMARTS) is 1. The van der Waals surface area contributed by atoms with Gasteiger partial charge in [-0.05, 0) is 68.6 Å². The fourth-order valence-corrected chi connectivity index (χ4v) is 5.24. The fraction of sp³-hybridized carbons (Fsp3) is 0.750. The molecule has 0 radical (unpaired) electrons. The van der Waals surface area contributed by atoms with Crippen LogP contribution < -0.4 is 0 Å². The Kier molecular flexibility index (Phi) is 5.10. The maximum absolute atomic E-state index is 10.8. The minimum absolute atomic E-state index is 0.0611. The highest BCUT2D eigenvalue weighted by molar-refractivity contribution is 5.80. The van der Waals surface area contributed by atoms with Crippen molar-refractivity contribution in [3.8, 4) is 0 Å². The summed E-state index contributed by atoms with van der Waals surface area (Å²) >= 11 is 0. The number of fused-ring (bicyclic) bond motifs is 1. The van der Waals surface area contributed by atoms with Gasteiger partial charge in [-0.15, -0.1) is 0 Å². The summed E-state index contributed by atoms with van der Waals surface area (Å²) in [6, 6.07) is 0. The second kappa shape index (κ2) is 6.43. The molecule has 0 amide bonds. The van der Waals surface area contributed by atoms with Crippen LogP contribution in [0.4, 0.5) is 0 Å². The molecule has 1 fully saturated rings. The van der Waals surface area contributed by atoms with Crippen LogP contribution >= 0.6 is 0 Å². The summed E-state index contributed by atoms with van der Waals surface area (Å²) in [4.78, 5) is 10.8. The fourth-order valence-electron chi connectivity index (χ4n) is 5.24. The van der Waals surface area contributed by atoms with Crippen LogP contribution in [-0.4, -0.2) is 22.3 Å². The molecule has 1 saturated carbocycles. The molecule has 4 atom stereocenters.